The van der Waals surface area contributed by atoms with Crippen molar-refractivity contribution in [1.29, 1.82) is 0 Å². The van der Waals surface area contributed by atoms with Crippen molar-refractivity contribution < 1.29 is 9.90 Å². The molecule has 0 aliphatic heterocycles. The van der Waals surface area contributed by atoms with Crippen molar-refractivity contribution in [3.63, 3.8) is 0 Å². The molecule has 1 rings (SSSR count). The number of thiol groups is 1. The molecule has 3 nitrogen and oxygen atoms in total. The summed E-state index contributed by atoms with van der Waals surface area (Å²) in [6.07, 6.45) is 2.12. The van der Waals surface area contributed by atoms with E-state index in [2.05, 4.69) is 17.9 Å². The van der Waals surface area contributed by atoms with E-state index in [1.54, 1.807) is 0 Å². The molecule has 0 bridgehead atoms. The van der Waals surface area contributed by atoms with Crippen molar-refractivity contribution >= 4 is 35.8 Å². The molecule has 0 spiro atoms. The molecule has 0 heterocycles. The Morgan fingerprint density at radius 3 is 2.55 bits per heavy atom. The Labute approximate surface area is 131 Å². The highest BCUT2D eigenvalue weighted by Crippen LogP contribution is 2.11. The third-order valence-electron chi connectivity index (χ3n) is 3.11. The van der Waals surface area contributed by atoms with Gasteiger partial charge in [-0.05, 0) is 30.6 Å². The first-order valence-corrected chi connectivity index (χ1v) is 7.80. The summed E-state index contributed by atoms with van der Waals surface area (Å²) in [7, 11) is 0. The second kappa shape index (κ2) is 8.97. The van der Waals surface area contributed by atoms with Gasteiger partial charge >= 0.3 is 0 Å². The lowest BCUT2D eigenvalue weighted by atomic mass is 9.99. The third kappa shape index (κ3) is 5.51. The van der Waals surface area contributed by atoms with Crippen LogP contribution in [0.1, 0.15) is 25.3 Å². The van der Waals surface area contributed by atoms with Gasteiger partial charge in [-0.15, -0.1) is 0 Å². The number of hydrogen-bond acceptors (Lipinski definition) is 3. The molecule has 1 aromatic carbocycles. The van der Waals surface area contributed by atoms with Gasteiger partial charge in [0, 0.05) is 5.75 Å². The highest BCUT2D eigenvalue weighted by molar-refractivity contribution is 7.80. The van der Waals surface area contributed by atoms with Crippen molar-refractivity contribution in [2.75, 3.05) is 5.75 Å². The molecule has 0 radical (unpaired) electrons. The topological polar surface area (TPSA) is 49.3 Å². The van der Waals surface area contributed by atoms with E-state index in [1.807, 2.05) is 37.3 Å². The van der Waals surface area contributed by atoms with E-state index >= 15 is 0 Å². The summed E-state index contributed by atoms with van der Waals surface area (Å²) < 4.78 is 0. The van der Waals surface area contributed by atoms with Gasteiger partial charge in [0.25, 0.3) is 0 Å². The van der Waals surface area contributed by atoms with Crippen molar-refractivity contribution in [3.05, 3.63) is 35.9 Å². The van der Waals surface area contributed by atoms with E-state index in [0.29, 0.717) is 18.6 Å². The van der Waals surface area contributed by atoms with E-state index in [0.717, 1.165) is 12.0 Å². The van der Waals surface area contributed by atoms with E-state index in [1.165, 1.54) is 0 Å². The normalized spacial score (nSPS) is 13.5. The summed E-state index contributed by atoms with van der Waals surface area (Å²) >= 11 is 9.03. The number of thiocarbonyl (C=S) groups is 1. The van der Waals surface area contributed by atoms with Crippen LogP contribution in [0.15, 0.2) is 30.3 Å². The van der Waals surface area contributed by atoms with Crippen molar-refractivity contribution in [3.8, 4) is 0 Å². The first-order chi connectivity index (χ1) is 9.58. The lowest BCUT2D eigenvalue weighted by molar-refractivity contribution is -0.124. The van der Waals surface area contributed by atoms with Crippen molar-refractivity contribution in [2.24, 2.45) is 5.92 Å². The monoisotopic (exact) mass is 311 g/mol. The highest BCUT2D eigenvalue weighted by Gasteiger charge is 2.22. The average molecular weight is 311 g/mol. The quantitative estimate of drug-likeness (QED) is 0.511. The predicted molar refractivity (Wildman–Crippen MR) is 89.6 cm³/mol. The fourth-order valence-corrected chi connectivity index (χ4v) is 2.45. The number of aliphatic hydroxyl groups excluding tert-OH is 1. The number of aliphatic hydroxyl groups is 1. The summed E-state index contributed by atoms with van der Waals surface area (Å²) in [5.74, 6) is 0.116. The minimum absolute atomic E-state index is 0.112. The number of benzene rings is 1. The lowest BCUT2D eigenvalue weighted by Gasteiger charge is -2.20. The minimum Gasteiger partial charge on any atom is -0.500 e. The van der Waals surface area contributed by atoms with Gasteiger partial charge in [0.05, 0.1) is 12.0 Å². The Morgan fingerprint density at radius 1 is 1.40 bits per heavy atom. The fraction of sp³-hybridized carbons (Fsp3) is 0.467. The van der Waals surface area contributed by atoms with Crippen LogP contribution >= 0.6 is 24.8 Å². The summed E-state index contributed by atoms with van der Waals surface area (Å²) in [5.41, 5.74) is 1.10. The lowest BCUT2D eigenvalue weighted by Crippen LogP contribution is -2.44. The first kappa shape index (κ1) is 17.0. The zero-order chi connectivity index (χ0) is 15.0. The predicted octanol–water partition coefficient (Wildman–Crippen LogP) is 2.95. The summed E-state index contributed by atoms with van der Waals surface area (Å²) in [6.45, 7) is 1.98. The molecule has 2 N–H and O–H groups in total. The van der Waals surface area contributed by atoms with Gasteiger partial charge in [0.15, 0.2) is 5.05 Å². The van der Waals surface area contributed by atoms with Crippen molar-refractivity contribution in [1.82, 2.24) is 5.32 Å². The SMILES string of the molecule is CCC[C@H](NC(=O)[C@@H](CS)Cc1ccccc1)C(O)=S. The third-order valence-corrected chi connectivity index (χ3v) is 3.83. The maximum Gasteiger partial charge on any atom is 0.224 e. The molecular weight excluding hydrogens is 290 g/mol. The van der Waals surface area contributed by atoms with Gasteiger partial charge in [-0.2, -0.15) is 12.6 Å². The van der Waals surface area contributed by atoms with E-state index in [-0.39, 0.29) is 16.9 Å². The first-order valence-electron chi connectivity index (χ1n) is 6.76. The Kier molecular flexibility index (Phi) is 7.62. The molecule has 110 valence electrons. The number of carbonyl (C=O) groups excluding carboxylic acids is 1. The minimum atomic E-state index is -0.444. The van der Waals surface area contributed by atoms with Crippen LogP contribution in [-0.4, -0.2) is 27.9 Å². The molecule has 20 heavy (non-hydrogen) atoms. The van der Waals surface area contributed by atoms with Gasteiger partial charge < -0.3 is 10.4 Å². The molecule has 0 unspecified atom stereocenters. The van der Waals surface area contributed by atoms with E-state index < -0.39 is 6.04 Å². The molecule has 1 amide bonds. The van der Waals surface area contributed by atoms with Gasteiger partial charge in [-0.25, -0.2) is 0 Å². The van der Waals surface area contributed by atoms with Gasteiger partial charge in [-0.1, -0.05) is 43.7 Å². The summed E-state index contributed by atoms with van der Waals surface area (Å²) in [6, 6.07) is 9.38. The van der Waals surface area contributed by atoms with Crippen LogP contribution in [0.4, 0.5) is 0 Å². The fourth-order valence-electron chi connectivity index (χ4n) is 1.97. The van der Waals surface area contributed by atoms with Crippen molar-refractivity contribution in [2.45, 2.75) is 32.2 Å². The number of carbonyl (C=O) groups is 1. The average Bonchev–Trinajstić information content (AvgIpc) is 2.45. The number of nitrogens with one attached hydrogen (secondary N) is 1. The molecule has 0 fully saturated rings. The van der Waals surface area contributed by atoms with E-state index in [9.17, 15) is 9.90 Å². The van der Waals surface area contributed by atoms with E-state index in [4.69, 9.17) is 12.2 Å². The number of rotatable bonds is 8. The Bertz CT molecular complexity index is 437. The zero-order valence-electron chi connectivity index (χ0n) is 11.6. The maximum atomic E-state index is 12.2. The van der Waals surface area contributed by atoms with Crippen LogP contribution in [0.5, 0.6) is 0 Å². The van der Waals surface area contributed by atoms with Crippen LogP contribution in [0.3, 0.4) is 0 Å². The maximum absolute atomic E-state index is 12.2. The second-order valence-corrected chi connectivity index (χ2v) is 5.54. The van der Waals surface area contributed by atoms with Crippen LogP contribution in [0, 0.1) is 5.92 Å². The Balaban J connectivity index is 2.64. The second-order valence-electron chi connectivity index (χ2n) is 4.76. The molecule has 0 aliphatic rings. The molecule has 0 saturated carbocycles. The largest absolute Gasteiger partial charge is 0.500 e. The molecule has 1 aromatic rings. The summed E-state index contributed by atoms with van der Waals surface area (Å²) in [5, 5.41) is 12.1. The van der Waals surface area contributed by atoms with Crippen LogP contribution in [-0.2, 0) is 11.2 Å². The van der Waals surface area contributed by atoms with Crippen LogP contribution < -0.4 is 5.32 Å². The molecule has 0 saturated heterocycles. The standard InChI is InChI=1S/C15H21NO2S2/c1-2-6-13(15(18)20)16-14(17)12(10-19)9-11-7-4-3-5-8-11/h3-5,7-8,12-13,19H,2,6,9-10H2,1H3,(H,16,17)(H,18,20)/t12-,13+/m1/s1. The van der Waals surface area contributed by atoms with Gasteiger partial charge in [0.2, 0.25) is 5.91 Å². The highest BCUT2D eigenvalue weighted by atomic mass is 32.1. The molecular formula is C15H21NO2S2. The van der Waals surface area contributed by atoms with Crippen LogP contribution in [0.2, 0.25) is 0 Å². The number of amides is 1. The Hall–Kier alpha value is -1.07. The molecule has 0 aromatic heterocycles. The molecule has 0 aliphatic carbocycles. The van der Waals surface area contributed by atoms with Crippen LogP contribution in [0.25, 0.3) is 0 Å². The molecule has 2 atom stereocenters. The smallest absolute Gasteiger partial charge is 0.224 e. The summed E-state index contributed by atoms with van der Waals surface area (Å²) in [4.78, 5) is 12.2. The number of hydrogen-bond donors (Lipinski definition) is 3. The zero-order valence-corrected chi connectivity index (χ0v) is 13.3. The Morgan fingerprint density at radius 2 is 2.05 bits per heavy atom. The van der Waals surface area contributed by atoms with Gasteiger partial charge in [0.1, 0.15) is 0 Å². The molecule has 5 heteroatoms. The van der Waals surface area contributed by atoms with Gasteiger partial charge in [-0.3, -0.25) is 4.79 Å².